The van der Waals surface area contributed by atoms with Gasteiger partial charge in [-0.1, -0.05) is 13.3 Å². The summed E-state index contributed by atoms with van der Waals surface area (Å²) in [7, 11) is 1.61. The molecule has 0 radical (unpaired) electrons. The molecule has 0 unspecified atom stereocenters. The van der Waals surface area contributed by atoms with Crippen LogP contribution >= 0.6 is 0 Å². The van der Waals surface area contributed by atoms with E-state index < -0.39 is 0 Å². The molecule has 1 aromatic rings. The highest BCUT2D eigenvalue weighted by molar-refractivity contribution is 5.97. The predicted octanol–water partition coefficient (Wildman–Crippen LogP) is 2.61. The number of unbranched alkanes of at least 4 members (excludes halogenated alkanes) is 1. The van der Waals surface area contributed by atoms with Crippen LogP contribution in [0, 0.1) is 0 Å². The molecule has 1 N–H and O–H groups in total. The van der Waals surface area contributed by atoms with Crippen LogP contribution in [0.5, 0.6) is 5.75 Å². The second kappa shape index (κ2) is 8.56. The van der Waals surface area contributed by atoms with Gasteiger partial charge in [-0.25, -0.2) is 0 Å². The summed E-state index contributed by atoms with van der Waals surface area (Å²) in [6.45, 7) is 3.44. The van der Waals surface area contributed by atoms with E-state index in [2.05, 4.69) is 12.2 Å². The van der Waals surface area contributed by atoms with Crippen molar-refractivity contribution in [1.29, 1.82) is 0 Å². The fourth-order valence-corrected chi connectivity index (χ4v) is 2.81. The average molecular weight is 318 g/mol. The summed E-state index contributed by atoms with van der Waals surface area (Å²) in [4.78, 5) is 26.4. The first-order valence-electron chi connectivity index (χ1n) is 8.42. The van der Waals surface area contributed by atoms with Crippen molar-refractivity contribution in [2.75, 3.05) is 20.2 Å². The number of likely N-dealkylation sites (N-methyl/N-ethyl adjacent to an activating group) is 1. The molecule has 1 aliphatic heterocycles. The summed E-state index contributed by atoms with van der Waals surface area (Å²) < 4.78 is 5.61. The SMILES string of the molecule is CCCCOc1ccc(C(=O)N2CCCC[C@@H]2C(=O)NC)cc1. The third-order valence-electron chi connectivity index (χ3n) is 4.18. The van der Waals surface area contributed by atoms with E-state index in [1.807, 2.05) is 12.1 Å². The third-order valence-corrected chi connectivity index (χ3v) is 4.18. The van der Waals surface area contributed by atoms with Crippen molar-refractivity contribution in [3.63, 3.8) is 0 Å². The van der Waals surface area contributed by atoms with E-state index in [1.165, 1.54) is 0 Å². The Bertz CT molecular complexity index is 528. The van der Waals surface area contributed by atoms with E-state index >= 15 is 0 Å². The number of carbonyl (C=O) groups is 2. The lowest BCUT2D eigenvalue weighted by Crippen LogP contribution is -2.51. The molecule has 1 atom stereocenters. The first kappa shape index (κ1) is 17.3. The highest BCUT2D eigenvalue weighted by Gasteiger charge is 2.31. The summed E-state index contributed by atoms with van der Waals surface area (Å²) in [5.74, 6) is 0.604. The van der Waals surface area contributed by atoms with Crippen molar-refractivity contribution in [2.45, 2.75) is 45.1 Å². The van der Waals surface area contributed by atoms with Gasteiger partial charge in [0.15, 0.2) is 0 Å². The van der Waals surface area contributed by atoms with Crippen LogP contribution in [0.25, 0.3) is 0 Å². The maximum Gasteiger partial charge on any atom is 0.254 e. The van der Waals surface area contributed by atoms with E-state index in [0.29, 0.717) is 18.7 Å². The van der Waals surface area contributed by atoms with E-state index in [9.17, 15) is 9.59 Å². The minimum Gasteiger partial charge on any atom is -0.494 e. The van der Waals surface area contributed by atoms with Crippen molar-refractivity contribution in [1.82, 2.24) is 10.2 Å². The van der Waals surface area contributed by atoms with Crippen LogP contribution in [-0.2, 0) is 4.79 Å². The molecule has 0 aliphatic carbocycles. The van der Waals surface area contributed by atoms with Crippen LogP contribution in [0.4, 0.5) is 0 Å². The first-order chi connectivity index (χ1) is 11.2. The molecule has 2 amide bonds. The number of amides is 2. The number of hydrogen-bond acceptors (Lipinski definition) is 3. The molecule has 2 rings (SSSR count). The van der Waals surface area contributed by atoms with Gasteiger partial charge >= 0.3 is 0 Å². The van der Waals surface area contributed by atoms with Gasteiger partial charge in [-0.15, -0.1) is 0 Å². The van der Waals surface area contributed by atoms with Crippen molar-refractivity contribution in [2.24, 2.45) is 0 Å². The number of nitrogens with zero attached hydrogens (tertiary/aromatic N) is 1. The first-order valence-corrected chi connectivity index (χ1v) is 8.42. The Morgan fingerprint density at radius 1 is 1.26 bits per heavy atom. The number of carbonyl (C=O) groups excluding carboxylic acids is 2. The summed E-state index contributed by atoms with van der Waals surface area (Å²) in [6, 6.07) is 6.84. The topological polar surface area (TPSA) is 58.6 Å². The van der Waals surface area contributed by atoms with E-state index in [1.54, 1.807) is 24.1 Å². The van der Waals surface area contributed by atoms with E-state index in [4.69, 9.17) is 4.74 Å². The molecule has 1 saturated heterocycles. The van der Waals surface area contributed by atoms with Crippen molar-refractivity contribution in [3.8, 4) is 5.75 Å². The Kier molecular flexibility index (Phi) is 6.44. The molecule has 1 aliphatic rings. The zero-order valence-electron chi connectivity index (χ0n) is 14.0. The molecule has 0 bridgehead atoms. The minimum absolute atomic E-state index is 0.0848. The number of benzene rings is 1. The van der Waals surface area contributed by atoms with Crippen LogP contribution in [0.15, 0.2) is 24.3 Å². The van der Waals surface area contributed by atoms with Gasteiger partial charge < -0.3 is 15.0 Å². The van der Waals surface area contributed by atoms with Gasteiger partial charge in [-0.3, -0.25) is 9.59 Å². The van der Waals surface area contributed by atoms with E-state index in [0.717, 1.165) is 37.9 Å². The van der Waals surface area contributed by atoms with Gasteiger partial charge in [0.05, 0.1) is 6.61 Å². The van der Waals surface area contributed by atoms with Crippen LogP contribution < -0.4 is 10.1 Å². The number of piperidine rings is 1. The largest absolute Gasteiger partial charge is 0.494 e. The van der Waals surface area contributed by atoms with Crippen LogP contribution in [0.1, 0.15) is 49.4 Å². The van der Waals surface area contributed by atoms with Crippen molar-refractivity contribution < 1.29 is 14.3 Å². The average Bonchev–Trinajstić information content (AvgIpc) is 2.61. The summed E-state index contributed by atoms with van der Waals surface area (Å²) in [5, 5.41) is 2.66. The molecule has 0 aromatic heterocycles. The second-order valence-electron chi connectivity index (χ2n) is 5.85. The number of nitrogens with one attached hydrogen (secondary N) is 1. The van der Waals surface area contributed by atoms with Gasteiger partial charge in [-0.2, -0.15) is 0 Å². The maximum absolute atomic E-state index is 12.7. The zero-order chi connectivity index (χ0) is 16.7. The number of likely N-dealkylation sites (tertiary alicyclic amines) is 1. The predicted molar refractivity (Wildman–Crippen MR) is 89.6 cm³/mol. The highest BCUT2D eigenvalue weighted by Crippen LogP contribution is 2.21. The monoisotopic (exact) mass is 318 g/mol. The van der Waals surface area contributed by atoms with Crippen molar-refractivity contribution >= 4 is 11.8 Å². The number of hydrogen-bond donors (Lipinski definition) is 1. The Labute approximate surface area is 138 Å². The summed E-state index contributed by atoms with van der Waals surface area (Å²) >= 11 is 0. The molecule has 126 valence electrons. The Balaban J connectivity index is 2.04. The molecule has 1 fully saturated rings. The molecule has 5 heteroatoms. The molecular formula is C18H26N2O3. The van der Waals surface area contributed by atoms with Gasteiger partial charge in [0.25, 0.3) is 5.91 Å². The Morgan fingerprint density at radius 2 is 2.00 bits per heavy atom. The molecule has 23 heavy (non-hydrogen) atoms. The lowest BCUT2D eigenvalue weighted by molar-refractivity contribution is -0.126. The minimum atomic E-state index is -0.360. The van der Waals surface area contributed by atoms with Crippen molar-refractivity contribution in [3.05, 3.63) is 29.8 Å². The molecule has 5 nitrogen and oxygen atoms in total. The highest BCUT2D eigenvalue weighted by atomic mass is 16.5. The maximum atomic E-state index is 12.7. The fraction of sp³-hybridized carbons (Fsp3) is 0.556. The fourth-order valence-electron chi connectivity index (χ4n) is 2.81. The van der Waals surface area contributed by atoms with Crippen LogP contribution in [0.3, 0.4) is 0 Å². The molecule has 1 aromatic carbocycles. The van der Waals surface area contributed by atoms with Gasteiger partial charge in [0, 0.05) is 19.2 Å². The third kappa shape index (κ3) is 4.47. The van der Waals surface area contributed by atoms with Gasteiger partial charge in [0.2, 0.25) is 5.91 Å². The van der Waals surface area contributed by atoms with Crippen LogP contribution in [-0.4, -0.2) is 43.0 Å². The summed E-state index contributed by atoms with van der Waals surface area (Å²) in [5.41, 5.74) is 0.601. The quantitative estimate of drug-likeness (QED) is 0.820. The lowest BCUT2D eigenvalue weighted by Gasteiger charge is -2.34. The normalized spacial score (nSPS) is 17.7. The molecule has 0 saturated carbocycles. The lowest BCUT2D eigenvalue weighted by atomic mass is 10.00. The Hall–Kier alpha value is -2.04. The number of ether oxygens (including phenoxy) is 1. The van der Waals surface area contributed by atoms with Gasteiger partial charge in [-0.05, 0) is 49.9 Å². The molecular weight excluding hydrogens is 292 g/mol. The van der Waals surface area contributed by atoms with Gasteiger partial charge in [0.1, 0.15) is 11.8 Å². The number of rotatable bonds is 6. The standard InChI is InChI=1S/C18H26N2O3/c1-3-4-13-23-15-10-8-14(9-11-15)18(22)20-12-6-5-7-16(20)17(21)19-2/h8-11,16H,3-7,12-13H2,1-2H3,(H,19,21)/t16-/m1/s1. The smallest absolute Gasteiger partial charge is 0.254 e. The molecule has 1 heterocycles. The van der Waals surface area contributed by atoms with Crippen LogP contribution in [0.2, 0.25) is 0 Å². The molecule has 0 spiro atoms. The second-order valence-corrected chi connectivity index (χ2v) is 5.85. The zero-order valence-corrected chi connectivity index (χ0v) is 14.0. The van der Waals surface area contributed by atoms with E-state index in [-0.39, 0.29) is 17.9 Å². The Morgan fingerprint density at radius 3 is 2.65 bits per heavy atom. The summed E-state index contributed by atoms with van der Waals surface area (Å²) in [6.07, 6.45) is 4.75.